The quantitative estimate of drug-likeness (QED) is 0.675. The van der Waals surface area contributed by atoms with Gasteiger partial charge in [0.15, 0.2) is 9.84 Å². The largest absolute Gasteiger partial charge is 0.310 e. The zero-order valence-electron chi connectivity index (χ0n) is 16.3. The molecule has 0 atom stereocenters. The number of aryl methyl sites for hydroxylation is 2. The number of nitrogens with zero attached hydrogens (tertiary/aromatic N) is 2. The van der Waals surface area contributed by atoms with E-state index in [1.807, 2.05) is 61.5 Å². The summed E-state index contributed by atoms with van der Waals surface area (Å²) in [6, 6.07) is 17.8. The molecule has 1 N–H and O–H groups in total. The molecule has 150 valence electrons. The molecule has 0 radical (unpaired) electrons. The molecule has 0 saturated carbocycles. The summed E-state index contributed by atoms with van der Waals surface area (Å²) in [6.07, 6.45) is 1.89. The number of carbonyl (C=O) groups excluding carboxylic acids is 1. The first-order chi connectivity index (χ1) is 13.9. The third kappa shape index (κ3) is 4.40. The second-order valence-electron chi connectivity index (χ2n) is 7.44. The molecular weight excluding hydrogens is 386 g/mol. The van der Waals surface area contributed by atoms with E-state index in [0.29, 0.717) is 23.5 Å². The number of fused-ring (bicyclic) bond motifs is 1. The number of aromatic nitrogens is 2. The van der Waals surface area contributed by atoms with Crippen LogP contribution in [0.3, 0.4) is 0 Å². The van der Waals surface area contributed by atoms with Crippen LogP contribution in [0.5, 0.6) is 0 Å². The highest BCUT2D eigenvalue weighted by atomic mass is 32.2. The van der Waals surface area contributed by atoms with Crippen molar-refractivity contribution in [2.24, 2.45) is 0 Å². The molecule has 0 saturated heterocycles. The molecular formula is C22H23N3O3S. The molecule has 1 aliphatic rings. The zero-order chi connectivity index (χ0) is 20.4. The summed E-state index contributed by atoms with van der Waals surface area (Å²) in [5, 5.41) is 7.42. The van der Waals surface area contributed by atoms with Crippen molar-refractivity contribution in [3.63, 3.8) is 0 Å². The second kappa shape index (κ2) is 7.83. The first kappa shape index (κ1) is 19.4. The van der Waals surface area contributed by atoms with Gasteiger partial charge < -0.3 is 5.32 Å². The smallest absolute Gasteiger partial charge is 0.225 e. The predicted molar refractivity (Wildman–Crippen MR) is 113 cm³/mol. The number of hydrogen-bond donors (Lipinski definition) is 1. The Balaban J connectivity index is 1.53. The first-order valence-electron chi connectivity index (χ1n) is 9.63. The summed E-state index contributed by atoms with van der Waals surface area (Å²) in [6.45, 7) is 1.99. The van der Waals surface area contributed by atoms with Crippen molar-refractivity contribution in [2.45, 2.75) is 37.7 Å². The number of benzene rings is 2. The van der Waals surface area contributed by atoms with Gasteiger partial charge in [-0.25, -0.2) is 13.1 Å². The summed E-state index contributed by atoms with van der Waals surface area (Å²) >= 11 is 0. The Labute approximate surface area is 170 Å². The lowest BCUT2D eigenvalue weighted by molar-refractivity contribution is -0.116. The van der Waals surface area contributed by atoms with Gasteiger partial charge in [0, 0.05) is 12.0 Å². The number of hydrogen-bond acceptors (Lipinski definition) is 4. The molecule has 0 unspecified atom stereocenters. The van der Waals surface area contributed by atoms with E-state index < -0.39 is 9.84 Å². The van der Waals surface area contributed by atoms with E-state index >= 15 is 0 Å². The SMILES string of the molecule is Cc1ccc(-n2nc3c(c2NC(=O)CCCc2ccccc2)CS(=O)(=O)C3)cc1. The van der Waals surface area contributed by atoms with Crippen LogP contribution in [-0.4, -0.2) is 24.1 Å². The average Bonchev–Trinajstić information content (AvgIpc) is 3.16. The van der Waals surface area contributed by atoms with Gasteiger partial charge in [0.2, 0.25) is 5.91 Å². The Kier molecular flexibility index (Phi) is 5.24. The van der Waals surface area contributed by atoms with Gasteiger partial charge >= 0.3 is 0 Å². The van der Waals surface area contributed by atoms with Gasteiger partial charge in [0.05, 0.1) is 22.9 Å². The number of amides is 1. The lowest BCUT2D eigenvalue weighted by Crippen LogP contribution is -2.16. The maximum absolute atomic E-state index is 12.6. The van der Waals surface area contributed by atoms with Crippen molar-refractivity contribution in [3.8, 4) is 5.69 Å². The van der Waals surface area contributed by atoms with Crippen molar-refractivity contribution >= 4 is 21.6 Å². The fourth-order valence-corrected chi connectivity index (χ4v) is 5.03. The monoisotopic (exact) mass is 409 g/mol. The van der Waals surface area contributed by atoms with Crippen molar-refractivity contribution < 1.29 is 13.2 Å². The molecule has 0 fully saturated rings. The van der Waals surface area contributed by atoms with Crippen LogP contribution in [0.4, 0.5) is 5.82 Å². The second-order valence-corrected chi connectivity index (χ2v) is 9.51. The maximum atomic E-state index is 12.6. The normalized spacial score (nSPS) is 14.5. The van der Waals surface area contributed by atoms with E-state index in [0.717, 1.165) is 24.1 Å². The Morgan fingerprint density at radius 3 is 2.52 bits per heavy atom. The fraction of sp³-hybridized carbons (Fsp3) is 0.273. The number of rotatable bonds is 6. The lowest BCUT2D eigenvalue weighted by atomic mass is 10.1. The van der Waals surface area contributed by atoms with Gasteiger partial charge in [-0.05, 0) is 37.5 Å². The van der Waals surface area contributed by atoms with E-state index in [2.05, 4.69) is 10.4 Å². The number of nitrogens with one attached hydrogen (secondary N) is 1. The minimum absolute atomic E-state index is 0.0852. The van der Waals surface area contributed by atoms with E-state index in [4.69, 9.17) is 0 Å². The summed E-state index contributed by atoms with van der Waals surface area (Å²) < 4.78 is 25.7. The van der Waals surface area contributed by atoms with Crippen molar-refractivity contribution in [3.05, 3.63) is 77.0 Å². The van der Waals surface area contributed by atoms with Crippen LogP contribution in [0.1, 0.15) is 35.2 Å². The van der Waals surface area contributed by atoms with E-state index in [1.54, 1.807) is 4.68 Å². The number of carbonyl (C=O) groups is 1. The fourth-order valence-electron chi connectivity index (χ4n) is 3.54. The van der Waals surface area contributed by atoms with Crippen molar-refractivity contribution in [1.29, 1.82) is 0 Å². The van der Waals surface area contributed by atoms with Crippen molar-refractivity contribution in [2.75, 3.05) is 5.32 Å². The molecule has 0 spiro atoms. The van der Waals surface area contributed by atoms with Crippen LogP contribution in [0.15, 0.2) is 54.6 Å². The van der Waals surface area contributed by atoms with Crippen LogP contribution in [0, 0.1) is 6.92 Å². The van der Waals surface area contributed by atoms with Crippen LogP contribution >= 0.6 is 0 Å². The number of anilines is 1. The summed E-state index contributed by atoms with van der Waals surface area (Å²) in [5.74, 6) is 0.155. The van der Waals surface area contributed by atoms with Crippen molar-refractivity contribution in [1.82, 2.24) is 9.78 Å². The average molecular weight is 410 g/mol. The molecule has 7 heteroatoms. The first-order valence-corrected chi connectivity index (χ1v) is 11.5. The van der Waals surface area contributed by atoms with Crippen LogP contribution in [0.2, 0.25) is 0 Å². The molecule has 6 nitrogen and oxygen atoms in total. The minimum Gasteiger partial charge on any atom is -0.310 e. The highest BCUT2D eigenvalue weighted by Gasteiger charge is 2.33. The topological polar surface area (TPSA) is 81.1 Å². The molecule has 1 aromatic heterocycles. The van der Waals surface area contributed by atoms with Gasteiger partial charge in [-0.1, -0.05) is 48.0 Å². The Hall–Kier alpha value is -2.93. The van der Waals surface area contributed by atoms with Crippen LogP contribution < -0.4 is 5.32 Å². The Morgan fingerprint density at radius 1 is 1.07 bits per heavy atom. The van der Waals surface area contributed by atoms with E-state index in [-0.39, 0.29) is 17.4 Å². The lowest BCUT2D eigenvalue weighted by Gasteiger charge is -2.11. The van der Waals surface area contributed by atoms with Gasteiger partial charge in [-0.2, -0.15) is 5.10 Å². The maximum Gasteiger partial charge on any atom is 0.225 e. The molecule has 2 aromatic carbocycles. The van der Waals surface area contributed by atoms with E-state index in [1.165, 1.54) is 5.56 Å². The number of sulfone groups is 1. The van der Waals surface area contributed by atoms with Crippen LogP contribution in [0.25, 0.3) is 5.69 Å². The Morgan fingerprint density at radius 2 is 1.79 bits per heavy atom. The molecule has 4 rings (SSSR count). The zero-order valence-corrected chi connectivity index (χ0v) is 17.1. The molecule has 29 heavy (non-hydrogen) atoms. The molecule has 1 amide bonds. The summed E-state index contributed by atoms with van der Waals surface area (Å²) in [5.41, 5.74) is 4.22. The molecule has 3 aromatic rings. The van der Waals surface area contributed by atoms with Crippen LogP contribution in [-0.2, 0) is 32.6 Å². The van der Waals surface area contributed by atoms with Gasteiger partial charge in [0.1, 0.15) is 5.82 Å². The Bertz CT molecular complexity index is 1130. The molecule has 1 aliphatic heterocycles. The standard InChI is InChI=1S/C22H23N3O3S/c1-16-10-12-18(13-11-16)25-22(19-14-29(27,28)15-20(19)24-25)23-21(26)9-5-8-17-6-3-2-4-7-17/h2-4,6-7,10-13H,5,8-9,14-15H2,1H3,(H,23,26). The summed E-state index contributed by atoms with van der Waals surface area (Å²) in [7, 11) is -3.21. The van der Waals surface area contributed by atoms with Gasteiger partial charge in [0.25, 0.3) is 0 Å². The molecule has 0 aliphatic carbocycles. The summed E-state index contributed by atoms with van der Waals surface area (Å²) in [4.78, 5) is 12.6. The third-order valence-electron chi connectivity index (χ3n) is 5.04. The minimum atomic E-state index is -3.21. The van der Waals surface area contributed by atoms with E-state index in [9.17, 15) is 13.2 Å². The highest BCUT2D eigenvalue weighted by molar-refractivity contribution is 7.90. The van der Waals surface area contributed by atoms with Gasteiger partial charge in [-0.15, -0.1) is 0 Å². The highest BCUT2D eigenvalue weighted by Crippen LogP contribution is 2.33. The predicted octanol–water partition coefficient (Wildman–Crippen LogP) is 3.57. The van der Waals surface area contributed by atoms with Gasteiger partial charge in [-0.3, -0.25) is 4.79 Å². The molecule has 2 heterocycles. The third-order valence-corrected chi connectivity index (χ3v) is 6.48. The molecule has 0 bridgehead atoms.